The molecule has 0 aromatic carbocycles. The Bertz CT molecular complexity index is 903. The highest BCUT2D eigenvalue weighted by molar-refractivity contribution is 5.94. The zero-order valence-corrected chi connectivity index (χ0v) is 18.6. The molecule has 7 heteroatoms. The second-order valence-electron chi connectivity index (χ2n) is 7.51. The molecule has 0 radical (unpaired) electrons. The summed E-state index contributed by atoms with van der Waals surface area (Å²) in [5, 5.41) is 12.1. The molecule has 2 N–H and O–H groups in total. The van der Waals surface area contributed by atoms with E-state index in [1.54, 1.807) is 40.6 Å². The van der Waals surface area contributed by atoms with Crippen molar-refractivity contribution in [3.63, 3.8) is 0 Å². The molecule has 7 nitrogen and oxygen atoms in total. The number of anilines is 1. The van der Waals surface area contributed by atoms with E-state index in [1.807, 2.05) is 6.08 Å². The van der Waals surface area contributed by atoms with Crippen LogP contribution in [-0.2, 0) is 4.79 Å². The van der Waals surface area contributed by atoms with Gasteiger partial charge in [0.2, 0.25) is 5.91 Å². The predicted octanol–water partition coefficient (Wildman–Crippen LogP) is 4.06. The van der Waals surface area contributed by atoms with E-state index in [9.17, 15) is 14.7 Å². The van der Waals surface area contributed by atoms with E-state index in [2.05, 4.69) is 36.0 Å². The van der Waals surface area contributed by atoms with E-state index in [0.29, 0.717) is 36.7 Å². The van der Waals surface area contributed by atoms with Crippen LogP contribution in [0.4, 0.5) is 5.82 Å². The molecule has 2 aromatic heterocycles. The molecule has 31 heavy (non-hydrogen) atoms. The summed E-state index contributed by atoms with van der Waals surface area (Å²) in [4.78, 5) is 30.5. The highest BCUT2D eigenvalue weighted by Gasteiger charge is 2.25. The highest BCUT2D eigenvalue weighted by atomic mass is 16.3. The smallest absolute Gasteiger partial charge is 0.274 e. The first kappa shape index (κ1) is 24.3. The van der Waals surface area contributed by atoms with Crippen molar-refractivity contribution in [2.24, 2.45) is 5.92 Å². The topological polar surface area (TPSA) is 86.9 Å². The Morgan fingerprint density at radius 3 is 2.81 bits per heavy atom. The molecule has 168 valence electrons. The van der Waals surface area contributed by atoms with Crippen LogP contribution in [0.25, 0.3) is 5.65 Å². The van der Waals surface area contributed by atoms with E-state index in [4.69, 9.17) is 0 Å². The summed E-state index contributed by atoms with van der Waals surface area (Å²) in [5.74, 6) is 0.507. The number of carbonyl (C=O) groups is 2. The second kappa shape index (κ2) is 12.7. The molecule has 1 aliphatic rings. The SMILES string of the molecule is C=CC/C=C\CC.CCC(=O)Nc1cccc2nc(C(=O)N3CCCC(CO)C3)cn12. The van der Waals surface area contributed by atoms with Gasteiger partial charge in [0, 0.05) is 32.3 Å². The van der Waals surface area contributed by atoms with Gasteiger partial charge in [-0.05, 0) is 43.7 Å². The number of hydrogen-bond donors (Lipinski definition) is 2. The van der Waals surface area contributed by atoms with Crippen LogP contribution in [0.5, 0.6) is 0 Å². The van der Waals surface area contributed by atoms with Crippen molar-refractivity contribution in [2.45, 2.75) is 46.0 Å². The lowest BCUT2D eigenvalue weighted by atomic mass is 9.99. The van der Waals surface area contributed by atoms with Crippen molar-refractivity contribution < 1.29 is 14.7 Å². The number of hydrogen-bond acceptors (Lipinski definition) is 4. The minimum absolute atomic E-state index is 0.0918. The van der Waals surface area contributed by atoms with Crippen molar-refractivity contribution in [1.82, 2.24) is 14.3 Å². The van der Waals surface area contributed by atoms with Crippen LogP contribution in [0.1, 0.15) is 56.4 Å². The maximum Gasteiger partial charge on any atom is 0.274 e. The third-order valence-corrected chi connectivity index (χ3v) is 5.07. The van der Waals surface area contributed by atoms with Gasteiger partial charge >= 0.3 is 0 Å². The molecule has 3 heterocycles. The number of likely N-dealkylation sites (tertiary alicyclic amines) is 1. The molecule has 1 saturated heterocycles. The van der Waals surface area contributed by atoms with E-state index in [1.165, 1.54) is 0 Å². The van der Waals surface area contributed by atoms with Crippen LogP contribution in [0.2, 0.25) is 0 Å². The fraction of sp³-hybridized carbons (Fsp3) is 0.458. The first-order valence-corrected chi connectivity index (χ1v) is 11.0. The van der Waals surface area contributed by atoms with Gasteiger partial charge < -0.3 is 15.3 Å². The third-order valence-electron chi connectivity index (χ3n) is 5.07. The van der Waals surface area contributed by atoms with Crippen molar-refractivity contribution in [2.75, 3.05) is 25.0 Å². The van der Waals surface area contributed by atoms with Gasteiger partial charge in [-0.1, -0.05) is 38.1 Å². The zero-order valence-electron chi connectivity index (χ0n) is 18.6. The largest absolute Gasteiger partial charge is 0.396 e. The van der Waals surface area contributed by atoms with Crippen molar-refractivity contribution in [3.8, 4) is 0 Å². The number of nitrogens with zero attached hydrogens (tertiary/aromatic N) is 3. The Morgan fingerprint density at radius 2 is 2.13 bits per heavy atom. The molecule has 1 aliphatic heterocycles. The Kier molecular flexibility index (Phi) is 9.97. The average molecular weight is 427 g/mol. The maximum absolute atomic E-state index is 12.7. The number of nitrogens with one attached hydrogen (secondary N) is 1. The molecule has 1 fully saturated rings. The molecule has 3 rings (SSSR count). The summed E-state index contributed by atoms with van der Waals surface area (Å²) < 4.78 is 1.72. The van der Waals surface area contributed by atoms with E-state index in [-0.39, 0.29) is 24.3 Å². The van der Waals surface area contributed by atoms with Crippen LogP contribution in [0, 0.1) is 5.92 Å². The van der Waals surface area contributed by atoms with E-state index < -0.39 is 0 Å². The molecule has 1 atom stereocenters. The number of piperidine rings is 1. The second-order valence-corrected chi connectivity index (χ2v) is 7.51. The van der Waals surface area contributed by atoms with E-state index in [0.717, 1.165) is 25.7 Å². The number of aliphatic hydroxyl groups is 1. The number of rotatable bonds is 7. The van der Waals surface area contributed by atoms with Crippen molar-refractivity contribution >= 4 is 23.3 Å². The van der Waals surface area contributed by atoms with Gasteiger partial charge in [0.15, 0.2) is 0 Å². The number of fused-ring (bicyclic) bond motifs is 1. The summed E-state index contributed by atoms with van der Waals surface area (Å²) in [7, 11) is 0. The summed E-state index contributed by atoms with van der Waals surface area (Å²) in [6.07, 6.45) is 12.2. The van der Waals surface area contributed by atoms with Gasteiger partial charge in [0.25, 0.3) is 5.91 Å². The first-order valence-electron chi connectivity index (χ1n) is 11.0. The van der Waals surface area contributed by atoms with Crippen LogP contribution < -0.4 is 5.32 Å². The summed E-state index contributed by atoms with van der Waals surface area (Å²) in [5.41, 5.74) is 0.967. The maximum atomic E-state index is 12.7. The summed E-state index contributed by atoms with van der Waals surface area (Å²) in [6.45, 7) is 8.83. The molecule has 0 saturated carbocycles. The zero-order chi connectivity index (χ0) is 22.6. The Hall–Kier alpha value is -2.93. The lowest BCUT2D eigenvalue weighted by Crippen LogP contribution is -2.41. The van der Waals surface area contributed by atoms with Gasteiger partial charge in [-0.25, -0.2) is 4.98 Å². The highest BCUT2D eigenvalue weighted by Crippen LogP contribution is 2.19. The summed E-state index contributed by atoms with van der Waals surface area (Å²) >= 11 is 0. The van der Waals surface area contributed by atoms with Crippen LogP contribution >= 0.6 is 0 Å². The van der Waals surface area contributed by atoms with Gasteiger partial charge in [0.1, 0.15) is 17.2 Å². The van der Waals surface area contributed by atoms with Gasteiger partial charge in [0.05, 0.1) is 0 Å². The van der Waals surface area contributed by atoms with Gasteiger partial charge in [-0.3, -0.25) is 14.0 Å². The molecule has 1 unspecified atom stereocenters. The molecular formula is C24H34N4O3. The fourth-order valence-electron chi connectivity index (χ4n) is 3.37. The van der Waals surface area contributed by atoms with E-state index >= 15 is 0 Å². The number of carbonyl (C=O) groups excluding carboxylic acids is 2. The number of imidazole rings is 1. The lowest BCUT2D eigenvalue weighted by Gasteiger charge is -2.31. The third kappa shape index (κ3) is 7.07. The Morgan fingerprint density at radius 1 is 1.32 bits per heavy atom. The molecular weight excluding hydrogens is 392 g/mol. The quantitative estimate of drug-likeness (QED) is 0.654. The number of allylic oxidation sites excluding steroid dienone is 3. The Labute approximate surface area is 184 Å². The molecule has 0 spiro atoms. The van der Waals surface area contributed by atoms with Crippen molar-refractivity contribution in [3.05, 3.63) is 54.9 Å². The number of aliphatic hydroxyl groups excluding tert-OH is 1. The summed E-state index contributed by atoms with van der Waals surface area (Å²) in [6, 6.07) is 5.37. The van der Waals surface area contributed by atoms with Crippen LogP contribution in [-0.4, -0.2) is 50.9 Å². The minimum Gasteiger partial charge on any atom is -0.396 e. The number of amides is 2. The molecule has 0 aliphatic carbocycles. The molecule has 2 aromatic rings. The number of pyridine rings is 1. The van der Waals surface area contributed by atoms with Gasteiger partial charge in [-0.2, -0.15) is 0 Å². The molecule has 2 amide bonds. The average Bonchev–Trinajstić information content (AvgIpc) is 3.25. The number of aromatic nitrogens is 2. The van der Waals surface area contributed by atoms with Crippen LogP contribution in [0.3, 0.4) is 0 Å². The predicted molar refractivity (Wildman–Crippen MR) is 124 cm³/mol. The monoisotopic (exact) mass is 426 g/mol. The fourth-order valence-corrected chi connectivity index (χ4v) is 3.37. The molecule has 0 bridgehead atoms. The first-order chi connectivity index (χ1) is 15.0. The van der Waals surface area contributed by atoms with Crippen molar-refractivity contribution in [1.29, 1.82) is 0 Å². The van der Waals surface area contributed by atoms with Gasteiger partial charge in [-0.15, -0.1) is 6.58 Å². The minimum atomic E-state index is -0.135. The standard InChI is InChI=1S/C17H22N4O3.C7H12/c1-2-16(23)19-15-7-3-6-14-18-13(10-21(14)15)17(24)20-8-4-5-12(9-20)11-22;1-3-5-7-6-4-2/h3,6-7,10,12,22H,2,4-5,8-9,11H2,1H3,(H,19,23);3,6-7H,1,4-5H2,2H3/b;7-6-. The lowest BCUT2D eigenvalue weighted by molar-refractivity contribution is -0.115. The Balaban J connectivity index is 0.000000423. The normalized spacial score (nSPS) is 16.1. The van der Waals surface area contributed by atoms with Crippen LogP contribution in [0.15, 0.2) is 49.2 Å².